The van der Waals surface area contributed by atoms with Crippen molar-refractivity contribution < 1.29 is 13.2 Å². The summed E-state index contributed by atoms with van der Waals surface area (Å²) in [6.45, 7) is 6.48. The van der Waals surface area contributed by atoms with Gasteiger partial charge in [-0.2, -0.15) is 4.31 Å². The van der Waals surface area contributed by atoms with Crippen molar-refractivity contribution in [3.8, 4) is 0 Å². The monoisotopic (exact) mass is 496 g/mol. The van der Waals surface area contributed by atoms with Gasteiger partial charge >= 0.3 is 0 Å². The van der Waals surface area contributed by atoms with Crippen LogP contribution in [0.5, 0.6) is 0 Å². The number of sulfonamides is 1. The number of rotatable bonds is 6. The van der Waals surface area contributed by atoms with Gasteiger partial charge in [0.25, 0.3) is 0 Å². The summed E-state index contributed by atoms with van der Waals surface area (Å²) in [5, 5.41) is 0.575. The van der Waals surface area contributed by atoms with Gasteiger partial charge in [0.1, 0.15) is 0 Å². The lowest BCUT2D eigenvalue weighted by atomic mass is 10.00. The molecule has 178 valence electrons. The van der Waals surface area contributed by atoms with Gasteiger partial charge in [-0.05, 0) is 67.1 Å². The van der Waals surface area contributed by atoms with Crippen LogP contribution in [-0.2, 0) is 34.3 Å². The SMILES string of the molecule is Cc1cc(C)c(S(=O)(=O)N(CC(=O)N2CCc3ccccc3C2)Cc2ccc(Cl)cc2)c(C)c1. The maximum atomic E-state index is 13.9. The highest BCUT2D eigenvalue weighted by Gasteiger charge is 2.32. The van der Waals surface area contributed by atoms with E-state index >= 15 is 0 Å². The number of amides is 1. The molecule has 4 rings (SSSR count). The van der Waals surface area contributed by atoms with Gasteiger partial charge in [-0.1, -0.05) is 65.7 Å². The Labute approximate surface area is 207 Å². The lowest BCUT2D eigenvalue weighted by molar-refractivity contribution is -0.132. The molecular weight excluding hydrogens is 468 g/mol. The maximum absolute atomic E-state index is 13.9. The third-order valence-electron chi connectivity index (χ3n) is 6.27. The minimum Gasteiger partial charge on any atom is -0.337 e. The third-order valence-corrected chi connectivity index (χ3v) is 8.62. The molecule has 0 radical (unpaired) electrons. The summed E-state index contributed by atoms with van der Waals surface area (Å²) in [5.74, 6) is -0.200. The van der Waals surface area contributed by atoms with Gasteiger partial charge in [-0.25, -0.2) is 8.42 Å². The van der Waals surface area contributed by atoms with E-state index in [0.717, 1.165) is 23.1 Å². The summed E-state index contributed by atoms with van der Waals surface area (Å²) in [4.78, 5) is 15.4. The van der Waals surface area contributed by atoms with Crippen LogP contribution in [0.1, 0.15) is 33.4 Å². The van der Waals surface area contributed by atoms with Crippen molar-refractivity contribution in [2.24, 2.45) is 0 Å². The number of halogens is 1. The summed E-state index contributed by atoms with van der Waals surface area (Å²) < 4.78 is 29.1. The van der Waals surface area contributed by atoms with Gasteiger partial charge in [0, 0.05) is 24.7 Å². The number of fused-ring (bicyclic) bond motifs is 1. The first-order valence-corrected chi connectivity index (χ1v) is 13.1. The molecule has 0 saturated carbocycles. The molecule has 1 aliphatic heterocycles. The van der Waals surface area contributed by atoms with Crippen LogP contribution in [0.15, 0.2) is 65.6 Å². The third kappa shape index (κ3) is 5.19. The number of nitrogens with zero attached hydrogens (tertiary/aromatic N) is 2. The molecular formula is C27H29ClN2O3S. The number of aryl methyl sites for hydroxylation is 3. The number of hydrogen-bond donors (Lipinski definition) is 0. The Morgan fingerprint density at radius 3 is 2.24 bits per heavy atom. The molecule has 0 spiro atoms. The van der Waals surface area contributed by atoms with E-state index in [4.69, 9.17) is 11.6 Å². The molecule has 1 amide bonds. The van der Waals surface area contributed by atoms with Crippen molar-refractivity contribution >= 4 is 27.5 Å². The predicted octanol–water partition coefficient (Wildman–Crippen LogP) is 5.04. The van der Waals surface area contributed by atoms with Crippen molar-refractivity contribution in [1.82, 2.24) is 9.21 Å². The zero-order valence-corrected chi connectivity index (χ0v) is 21.3. The quantitative estimate of drug-likeness (QED) is 0.480. The fraction of sp³-hybridized carbons (Fsp3) is 0.296. The first kappa shape index (κ1) is 24.5. The standard InChI is InChI=1S/C27H29ClN2O3S/c1-19-14-20(2)27(21(3)15-19)34(32,33)30(16-22-8-10-25(28)11-9-22)18-26(31)29-13-12-23-6-4-5-7-24(23)17-29/h4-11,14-15H,12-13,16-18H2,1-3H3. The molecule has 0 atom stereocenters. The molecule has 1 heterocycles. The summed E-state index contributed by atoms with van der Waals surface area (Å²) in [5.41, 5.74) is 5.48. The maximum Gasteiger partial charge on any atom is 0.244 e. The second-order valence-electron chi connectivity index (χ2n) is 8.96. The Hall–Kier alpha value is -2.67. The summed E-state index contributed by atoms with van der Waals surface area (Å²) >= 11 is 6.02. The minimum absolute atomic E-state index is 0.0857. The molecule has 0 bridgehead atoms. The van der Waals surface area contributed by atoms with Gasteiger partial charge in [0.15, 0.2) is 0 Å². The average Bonchev–Trinajstić information content (AvgIpc) is 2.78. The van der Waals surface area contributed by atoms with E-state index in [9.17, 15) is 13.2 Å². The van der Waals surface area contributed by atoms with Crippen molar-refractivity contribution in [2.45, 2.75) is 45.2 Å². The molecule has 0 N–H and O–H groups in total. The van der Waals surface area contributed by atoms with E-state index in [1.165, 1.54) is 9.87 Å². The lowest BCUT2D eigenvalue weighted by Gasteiger charge is -2.31. The van der Waals surface area contributed by atoms with E-state index in [0.29, 0.717) is 29.2 Å². The Morgan fingerprint density at radius 2 is 1.59 bits per heavy atom. The molecule has 0 fully saturated rings. The average molecular weight is 497 g/mol. The Balaban J connectivity index is 1.66. The van der Waals surface area contributed by atoms with Gasteiger partial charge < -0.3 is 4.90 Å². The minimum atomic E-state index is -3.93. The van der Waals surface area contributed by atoms with Crippen LogP contribution in [0.25, 0.3) is 0 Å². The van der Waals surface area contributed by atoms with Crippen LogP contribution in [0.3, 0.4) is 0 Å². The highest BCUT2D eigenvalue weighted by atomic mass is 35.5. The normalized spacial score (nSPS) is 13.7. The van der Waals surface area contributed by atoms with Crippen LogP contribution in [0.4, 0.5) is 0 Å². The predicted molar refractivity (Wildman–Crippen MR) is 135 cm³/mol. The van der Waals surface area contributed by atoms with Gasteiger partial charge in [-0.15, -0.1) is 0 Å². The van der Waals surface area contributed by atoms with E-state index in [2.05, 4.69) is 6.07 Å². The molecule has 3 aromatic carbocycles. The van der Waals surface area contributed by atoms with E-state index < -0.39 is 10.0 Å². The van der Waals surface area contributed by atoms with Crippen LogP contribution in [0, 0.1) is 20.8 Å². The molecule has 0 aliphatic carbocycles. The second kappa shape index (κ2) is 9.90. The second-order valence-corrected chi connectivity index (χ2v) is 11.3. The first-order chi connectivity index (χ1) is 16.1. The molecule has 0 aromatic heterocycles. The van der Waals surface area contributed by atoms with Gasteiger partial charge in [-0.3, -0.25) is 4.79 Å². The number of carbonyl (C=O) groups excluding carboxylic acids is 1. The summed E-state index contributed by atoms with van der Waals surface area (Å²) in [7, 11) is -3.93. The van der Waals surface area contributed by atoms with Crippen LogP contribution in [-0.4, -0.2) is 36.6 Å². The number of carbonyl (C=O) groups is 1. The summed E-state index contributed by atoms with van der Waals surface area (Å²) in [6.07, 6.45) is 0.766. The van der Waals surface area contributed by atoms with Crippen molar-refractivity contribution in [2.75, 3.05) is 13.1 Å². The van der Waals surface area contributed by atoms with Crippen molar-refractivity contribution in [3.63, 3.8) is 0 Å². The molecule has 3 aromatic rings. The number of hydrogen-bond acceptors (Lipinski definition) is 3. The fourth-order valence-electron chi connectivity index (χ4n) is 4.68. The van der Waals surface area contributed by atoms with Crippen LogP contribution < -0.4 is 0 Å². The lowest BCUT2D eigenvalue weighted by Crippen LogP contribution is -2.44. The topological polar surface area (TPSA) is 57.7 Å². The Bertz CT molecular complexity index is 1300. The van der Waals surface area contributed by atoms with Crippen molar-refractivity contribution in [3.05, 3.63) is 99.1 Å². The van der Waals surface area contributed by atoms with E-state index in [1.807, 2.05) is 37.3 Å². The first-order valence-electron chi connectivity index (χ1n) is 11.3. The van der Waals surface area contributed by atoms with E-state index in [-0.39, 0.29) is 23.9 Å². The molecule has 7 heteroatoms. The fourth-order valence-corrected chi connectivity index (χ4v) is 6.60. The van der Waals surface area contributed by atoms with Crippen molar-refractivity contribution in [1.29, 1.82) is 0 Å². The van der Waals surface area contributed by atoms with Gasteiger partial charge in [0.2, 0.25) is 15.9 Å². The molecule has 5 nitrogen and oxygen atoms in total. The zero-order chi connectivity index (χ0) is 24.5. The number of benzene rings is 3. The smallest absolute Gasteiger partial charge is 0.244 e. The van der Waals surface area contributed by atoms with Crippen LogP contribution >= 0.6 is 11.6 Å². The summed E-state index contributed by atoms with van der Waals surface area (Å²) in [6, 6.07) is 18.8. The molecule has 0 unspecified atom stereocenters. The van der Waals surface area contributed by atoms with E-state index in [1.54, 1.807) is 43.0 Å². The van der Waals surface area contributed by atoms with Gasteiger partial charge in [0.05, 0.1) is 11.4 Å². The molecule has 0 saturated heterocycles. The zero-order valence-electron chi connectivity index (χ0n) is 19.7. The highest BCUT2D eigenvalue weighted by molar-refractivity contribution is 7.89. The highest BCUT2D eigenvalue weighted by Crippen LogP contribution is 2.27. The largest absolute Gasteiger partial charge is 0.337 e. The Kier molecular flexibility index (Phi) is 7.12. The Morgan fingerprint density at radius 1 is 0.971 bits per heavy atom. The molecule has 1 aliphatic rings. The van der Waals surface area contributed by atoms with Crippen LogP contribution in [0.2, 0.25) is 5.02 Å². The molecule has 34 heavy (non-hydrogen) atoms.